The van der Waals surface area contributed by atoms with Crippen molar-refractivity contribution in [3.05, 3.63) is 48.0 Å². The normalized spacial score (nSPS) is 13.1. The van der Waals surface area contributed by atoms with Gasteiger partial charge in [-0.15, -0.1) is 0 Å². The van der Waals surface area contributed by atoms with Crippen molar-refractivity contribution in [1.82, 2.24) is 0 Å². The summed E-state index contributed by atoms with van der Waals surface area (Å²) in [5, 5.41) is 5.66. The Morgan fingerprint density at radius 2 is 1.75 bits per heavy atom. The predicted octanol–water partition coefficient (Wildman–Crippen LogP) is 4.66. The van der Waals surface area contributed by atoms with Gasteiger partial charge in [0.05, 0.1) is 6.61 Å². The molecular formula is C22H27N3O3. The van der Waals surface area contributed by atoms with Crippen LogP contribution >= 0.6 is 0 Å². The summed E-state index contributed by atoms with van der Waals surface area (Å²) >= 11 is 0. The molecule has 148 valence electrons. The van der Waals surface area contributed by atoms with E-state index in [4.69, 9.17) is 4.74 Å². The molecule has 2 N–H and O–H groups in total. The van der Waals surface area contributed by atoms with E-state index >= 15 is 0 Å². The Balaban J connectivity index is 1.70. The molecule has 0 unspecified atom stereocenters. The van der Waals surface area contributed by atoms with Crippen LogP contribution in [0.5, 0.6) is 5.75 Å². The Morgan fingerprint density at radius 3 is 2.43 bits per heavy atom. The Bertz CT molecular complexity index is 847. The highest BCUT2D eigenvalue weighted by molar-refractivity contribution is 6.01. The predicted molar refractivity (Wildman–Crippen MR) is 112 cm³/mol. The molecule has 0 atom stereocenters. The summed E-state index contributed by atoms with van der Waals surface area (Å²) in [7, 11) is 0. The molecule has 0 radical (unpaired) electrons. The lowest BCUT2D eigenvalue weighted by Crippen LogP contribution is -2.38. The molecule has 0 spiro atoms. The molecule has 0 saturated heterocycles. The summed E-state index contributed by atoms with van der Waals surface area (Å²) in [6, 6.07) is 12.6. The molecule has 2 aromatic rings. The number of hydrogen-bond acceptors (Lipinski definition) is 3. The van der Waals surface area contributed by atoms with Crippen LogP contribution in [0.1, 0.15) is 32.8 Å². The molecule has 6 heteroatoms. The van der Waals surface area contributed by atoms with E-state index in [0.717, 1.165) is 29.8 Å². The Morgan fingerprint density at radius 1 is 1.07 bits per heavy atom. The van der Waals surface area contributed by atoms with Gasteiger partial charge in [0.25, 0.3) is 0 Å². The number of benzene rings is 2. The first-order valence-corrected chi connectivity index (χ1v) is 9.73. The molecule has 1 aliphatic heterocycles. The molecule has 0 bridgehead atoms. The number of anilines is 3. The van der Waals surface area contributed by atoms with Gasteiger partial charge in [-0.1, -0.05) is 19.9 Å². The van der Waals surface area contributed by atoms with Gasteiger partial charge >= 0.3 is 6.03 Å². The molecule has 28 heavy (non-hydrogen) atoms. The topological polar surface area (TPSA) is 70.7 Å². The van der Waals surface area contributed by atoms with Crippen molar-refractivity contribution in [2.45, 2.75) is 33.6 Å². The Kier molecular flexibility index (Phi) is 6.19. The fourth-order valence-corrected chi connectivity index (χ4v) is 3.29. The van der Waals surface area contributed by atoms with E-state index in [2.05, 4.69) is 10.6 Å². The van der Waals surface area contributed by atoms with E-state index in [9.17, 15) is 9.59 Å². The van der Waals surface area contributed by atoms with Gasteiger partial charge in [-0.2, -0.15) is 0 Å². The summed E-state index contributed by atoms with van der Waals surface area (Å²) in [6.07, 6.45) is 1.90. The van der Waals surface area contributed by atoms with Crippen LogP contribution in [0.25, 0.3) is 0 Å². The SMILES string of the molecule is CCOc1ccc(NC(=O)Nc2ccc3c(c2)N(C(=O)C(C)C)CCC3)cc1. The highest BCUT2D eigenvalue weighted by Gasteiger charge is 2.24. The van der Waals surface area contributed by atoms with Gasteiger partial charge in [-0.25, -0.2) is 4.79 Å². The third kappa shape index (κ3) is 4.63. The van der Waals surface area contributed by atoms with Gasteiger partial charge in [0.15, 0.2) is 0 Å². The Hall–Kier alpha value is -3.02. The summed E-state index contributed by atoms with van der Waals surface area (Å²) in [5.41, 5.74) is 3.36. The van der Waals surface area contributed by atoms with Crippen LogP contribution < -0.4 is 20.3 Å². The summed E-state index contributed by atoms with van der Waals surface area (Å²) in [4.78, 5) is 26.7. The third-order valence-corrected chi connectivity index (χ3v) is 4.64. The maximum Gasteiger partial charge on any atom is 0.323 e. The zero-order valence-corrected chi connectivity index (χ0v) is 16.6. The highest BCUT2D eigenvalue weighted by atomic mass is 16.5. The molecule has 1 heterocycles. The third-order valence-electron chi connectivity index (χ3n) is 4.64. The van der Waals surface area contributed by atoms with Crippen LogP contribution in [-0.2, 0) is 11.2 Å². The second kappa shape index (κ2) is 8.78. The highest BCUT2D eigenvalue weighted by Crippen LogP contribution is 2.31. The average molecular weight is 381 g/mol. The van der Waals surface area contributed by atoms with Crippen molar-refractivity contribution in [3.63, 3.8) is 0 Å². The quantitative estimate of drug-likeness (QED) is 0.791. The van der Waals surface area contributed by atoms with Gasteiger partial charge in [0.1, 0.15) is 5.75 Å². The molecule has 0 saturated carbocycles. The van der Waals surface area contributed by atoms with Crippen molar-refractivity contribution < 1.29 is 14.3 Å². The number of fused-ring (bicyclic) bond motifs is 1. The van der Waals surface area contributed by atoms with E-state index in [0.29, 0.717) is 24.5 Å². The lowest BCUT2D eigenvalue weighted by molar-refractivity contribution is -0.121. The number of hydrogen-bond donors (Lipinski definition) is 2. The minimum Gasteiger partial charge on any atom is -0.494 e. The molecule has 0 fully saturated rings. The second-order valence-electron chi connectivity index (χ2n) is 7.13. The number of ether oxygens (including phenoxy) is 1. The second-order valence-corrected chi connectivity index (χ2v) is 7.13. The van der Waals surface area contributed by atoms with Crippen LogP contribution in [-0.4, -0.2) is 25.1 Å². The fourth-order valence-electron chi connectivity index (χ4n) is 3.29. The number of amides is 3. The van der Waals surface area contributed by atoms with Crippen LogP contribution in [0, 0.1) is 5.92 Å². The molecule has 3 rings (SSSR count). The van der Waals surface area contributed by atoms with Crippen LogP contribution in [0.15, 0.2) is 42.5 Å². The number of carbonyl (C=O) groups excluding carboxylic acids is 2. The molecule has 0 aliphatic carbocycles. The molecule has 2 aromatic carbocycles. The zero-order valence-electron chi connectivity index (χ0n) is 16.6. The molecule has 6 nitrogen and oxygen atoms in total. The number of nitrogens with zero attached hydrogens (tertiary/aromatic N) is 1. The van der Waals surface area contributed by atoms with Gasteiger partial charge in [-0.3, -0.25) is 4.79 Å². The number of rotatable bonds is 5. The number of urea groups is 1. The van der Waals surface area contributed by atoms with Crippen LogP contribution in [0.2, 0.25) is 0 Å². The minimum absolute atomic E-state index is 0.0643. The van der Waals surface area contributed by atoms with Gasteiger partial charge in [-0.05, 0) is 61.7 Å². The maximum absolute atomic E-state index is 12.5. The van der Waals surface area contributed by atoms with Crippen molar-refractivity contribution in [2.24, 2.45) is 5.92 Å². The monoisotopic (exact) mass is 381 g/mol. The van der Waals surface area contributed by atoms with E-state index in [1.807, 2.05) is 56.0 Å². The largest absolute Gasteiger partial charge is 0.494 e. The Labute approximate surface area is 165 Å². The van der Waals surface area contributed by atoms with Crippen molar-refractivity contribution >= 4 is 29.0 Å². The van der Waals surface area contributed by atoms with Gasteiger partial charge in [0, 0.05) is 29.5 Å². The van der Waals surface area contributed by atoms with Crippen molar-refractivity contribution in [1.29, 1.82) is 0 Å². The minimum atomic E-state index is -0.332. The summed E-state index contributed by atoms with van der Waals surface area (Å²) in [5.74, 6) is 0.806. The zero-order chi connectivity index (χ0) is 20.1. The van der Waals surface area contributed by atoms with Crippen LogP contribution in [0.3, 0.4) is 0 Å². The number of nitrogens with one attached hydrogen (secondary N) is 2. The number of carbonyl (C=O) groups is 2. The van der Waals surface area contributed by atoms with Gasteiger partial charge < -0.3 is 20.3 Å². The molecular weight excluding hydrogens is 354 g/mol. The molecule has 0 aromatic heterocycles. The number of aryl methyl sites for hydroxylation is 1. The molecule has 3 amide bonds. The standard InChI is InChI=1S/C22H27N3O3/c1-4-28-19-11-9-17(10-12-19)23-22(27)24-18-8-7-16-6-5-13-25(20(16)14-18)21(26)15(2)3/h7-12,14-15H,4-6,13H2,1-3H3,(H2,23,24,27). The lowest BCUT2D eigenvalue weighted by Gasteiger charge is -2.31. The van der Waals surface area contributed by atoms with Gasteiger partial charge in [0.2, 0.25) is 5.91 Å². The van der Waals surface area contributed by atoms with Crippen LogP contribution in [0.4, 0.5) is 21.9 Å². The smallest absolute Gasteiger partial charge is 0.323 e. The first kappa shape index (κ1) is 19.7. The first-order valence-electron chi connectivity index (χ1n) is 9.73. The van der Waals surface area contributed by atoms with E-state index in [-0.39, 0.29) is 17.9 Å². The molecule has 1 aliphatic rings. The van der Waals surface area contributed by atoms with Crippen molar-refractivity contribution in [3.8, 4) is 5.75 Å². The first-order chi connectivity index (χ1) is 13.5. The van der Waals surface area contributed by atoms with E-state index in [1.165, 1.54) is 0 Å². The van der Waals surface area contributed by atoms with Crippen molar-refractivity contribution in [2.75, 3.05) is 28.7 Å². The summed E-state index contributed by atoms with van der Waals surface area (Å²) < 4.78 is 5.40. The van der Waals surface area contributed by atoms with E-state index < -0.39 is 0 Å². The average Bonchev–Trinajstić information content (AvgIpc) is 2.68. The fraction of sp³-hybridized carbons (Fsp3) is 0.364. The maximum atomic E-state index is 12.5. The summed E-state index contributed by atoms with van der Waals surface area (Å²) in [6.45, 7) is 7.05. The lowest BCUT2D eigenvalue weighted by atomic mass is 9.99. The van der Waals surface area contributed by atoms with E-state index in [1.54, 1.807) is 12.1 Å².